The number of hydrogen-bond donors (Lipinski definition) is 1. The van der Waals surface area contributed by atoms with Crippen molar-refractivity contribution in [3.05, 3.63) is 58.0 Å². The molecule has 0 fully saturated rings. The lowest BCUT2D eigenvalue weighted by molar-refractivity contribution is 0.167. The van der Waals surface area contributed by atoms with E-state index in [0.717, 1.165) is 19.5 Å². The van der Waals surface area contributed by atoms with Crippen LogP contribution in [0.25, 0.3) is 0 Å². The van der Waals surface area contributed by atoms with Crippen LogP contribution in [-0.2, 0) is 6.54 Å². The van der Waals surface area contributed by atoms with E-state index in [0.29, 0.717) is 5.56 Å². The molecule has 114 valence electrons. The third kappa shape index (κ3) is 3.90. The number of rotatable bonds is 7. The fraction of sp³-hybridized carbons (Fsp3) is 0.412. The molecule has 2 atom stereocenters. The molecule has 0 saturated carbocycles. The summed E-state index contributed by atoms with van der Waals surface area (Å²) in [6.07, 6.45) is 0.819. The van der Waals surface area contributed by atoms with Gasteiger partial charge in [-0.3, -0.25) is 4.90 Å². The Kier molecular flexibility index (Phi) is 5.91. The van der Waals surface area contributed by atoms with Gasteiger partial charge in [0.15, 0.2) is 0 Å². The second-order valence-electron chi connectivity index (χ2n) is 5.18. The molecule has 0 aliphatic carbocycles. The monoisotopic (exact) mass is 306 g/mol. The van der Waals surface area contributed by atoms with Gasteiger partial charge >= 0.3 is 0 Å². The van der Waals surface area contributed by atoms with Crippen molar-refractivity contribution in [2.45, 2.75) is 38.9 Å². The zero-order chi connectivity index (χ0) is 15.2. The topological polar surface area (TPSA) is 29.3 Å². The maximum atomic E-state index is 14.2. The minimum Gasteiger partial charge on any atom is -0.326 e. The first-order valence-corrected chi connectivity index (χ1v) is 8.31. The van der Waals surface area contributed by atoms with Crippen LogP contribution >= 0.6 is 11.3 Å². The molecular weight excluding hydrogens is 283 g/mol. The SMILES string of the molecule is CCC(N)C(c1ccccc1F)N(CC)Cc1cccs1. The van der Waals surface area contributed by atoms with Gasteiger partial charge in [-0.2, -0.15) is 0 Å². The number of nitrogens with zero attached hydrogens (tertiary/aromatic N) is 1. The summed E-state index contributed by atoms with van der Waals surface area (Å²) in [7, 11) is 0. The lowest BCUT2D eigenvalue weighted by Crippen LogP contribution is -2.40. The highest BCUT2D eigenvalue weighted by Gasteiger charge is 2.27. The van der Waals surface area contributed by atoms with Gasteiger partial charge < -0.3 is 5.73 Å². The predicted octanol–water partition coefficient (Wildman–Crippen LogP) is 4.19. The maximum absolute atomic E-state index is 14.2. The molecule has 2 unspecified atom stereocenters. The quantitative estimate of drug-likeness (QED) is 0.831. The van der Waals surface area contributed by atoms with E-state index in [9.17, 15) is 4.39 Å². The highest BCUT2D eigenvalue weighted by Crippen LogP contribution is 2.29. The molecule has 1 aromatic heterocycles. The minimum absolute atomic E-state index is 0.0817. The van der Waals surface area contributed by atoms with Gasteiger partial charge in [0.25, 0.3) is 0 Å². The summed E-state index contributed by atoms with van der Waals surface area (Å²) in [4.78, 5) is 3.54. The number of likely N-dealkylation sites (N-methyl/N-ethyl adjacent to an activating group) is 1. The fourth-order valence-electron chi connectivity index (χ4n) is 2.65. The highest BCUT2D eigenvalue weighted by molar-refractivity contribution is 7.09. The van der Waals surface area contributed by atoms with E-state index in [4.69, 9.17) is 5.73 Å². The average Bonchev–Trinajstić information content (AvgIpc) is 3.01. The molecule has 1 aromatic carbocycles. The molecule has 0 amide bonds. The molecule has 2 aromatic rings. The molecule has 2 rings (SSSR count). The molecule has 2 nitrogen and oxygen atoms in total. The number of hydrogen-bond acceptors (Lipinski definition) is 3. The number of halogens is 1. The predicted molar refractivity (Wildman–Crippen MR) is 87.8 cm³/mol. The first-order valence-electron chi connectivity index (χ1n) is 7.43. The molecule has 0 aliphatic rings. The highest BCUT2D eigenvalue weighted by atomic mass is 32.1. The van der Waals surface area contributed by atoms with Gasteiger partial charge in [-0.15, -0.1) is 11.3 Å². The number of benzene rings is 1. The van der Waals surface area contributed by atoms with Crippen molar-refractivity contribution >= 4 is 11.3 Å². The average molecular weight is 306 g/mol. The molecule has 0 saturated heterocycles. The lowest BCUT2D eigenvalue weighted by Gasteiger charge is -2.35. The Morgan fingerprint density at radius 3 is 2.52 bits per heavy atom. The maximum Gasteiger partial charge on any atom is 0.128 e. The van der Waals surface area contributed by atoms with Crippen molar-refractivity contribution in [3.63, 3.8) is 0 Å². The van der Waals surface area contributed by atoms with Gasteiger partial charge in [0.2, 0.25) is 0 Å². The Morgan fingerprint density at radius 2 is 1.95 bits per heavy atom. The van der Waals surface area contributed by atoms with Crippen LogP contribution in [0.1, 0.15) is 36.8 Å². The molecule has 0 bridgehead atoms. The smallest absolute Gasteiger partial charge is 0.128 e. The first-order chi connectivity index (χ1) is 10.2. The van der Waals surface area contributed by atoms with E-state index in [1.54, 1.807) is 17.4 Å². The van der Waals surface area contributed by atoms with E-state index in [2.05, 4.69) is 30.2 Å². The zero-order valence-electron chi connectivity index (χ0n) is 12.6. The molecular formula is C17H23FN2S. The van der Waals surface area contributed by atoms with E-state index < -0.39 is 0 Å². The Labute approximate surface area is 130 Å². The van der Waals surface area contributed by atoms with Crippen LogP contribution in [0.5, 0.6) is 0 Å². The molecule has 4 heteroatoms. The fourth-order valence-corrected chi connectivity index (χ4v) is 3.38. The summed E-state index contributed by atoms with van der Waals surface area (Å²) in [5, 5.41) is 2.07. The standard InChI is InChI=1S/C17H23FN2S/c1-3-16(19)17(14-9-5-6-10-15(14)18)20(4-2)12-13-8-7-11-21-13/h5-11,16-17H,3-4,12,19H2,1-2H3. The molecule has 2 N–H and O–H groups in total. The second kappa shape index (κ2) is 7.69. The Hall–Kier alpha value is -1.23. The van der Waals surface area contributed by atoms with Crippen LogP contribution in [0.2, 0.25) is 0 Å². The Bertz CT molecular complexity index is 541. The molecule has 0 radical (unpaired) electrons. The van der Waals surface area contributed by atoms with E-state index >= 15 is 0 Å². The summed E-state index contributed by atoms with van der Waals surface area (Å²) in [5.41, 5.74) is 7.02. The normalized spacial score (nSPS) is 14.3. The van der Waals surface area contributed by atoms with Crippen LogP contribution in [0.15, 0.2) is 41.8 Å². The molecule has 1 heterocycles. The van der Waals surface area contributed by atoms with Gasteiger partial charge in [0.1, 0.15) is 5.82 Å². The van der Waals surface area contributed by atoms with Gasteiger partial charge in [0.05, 0.1) is 6.04 Å². The lowest BCUT2D eigenvalue weighted by atomic mass is 9.95. The summed E-state index contributed by atoms with van der Waals surface area (Å²) in [6, 6.07) is 11.0. The van der Waals surface area contributed by atoms with Crippen LogP contribution in [0.3, 0.4) is 0 Å². The largest absolute Gasteiger partial charge is 0.326 e. The van der Waals surface area contributed by atoms with Gasteiger partial charge in [-0.1, -0.05) is 38.1 Å². The summed E-state index contributed by atoms with van der Waals surface area (Å²) in [5.74, 6) is -0.170. The second-order valence-corrected chi connectivity index (χ2v) is 6.21. The van der Waals surface area contributed by atoms with Crippen molar-refractivity contribution in [1.29, 1.82) is 0 Å². The van der Waals surface area contributed by atoms with Crippen molar-refractivity contribution in [2.24, 2.45) is 5.73 Å². The van der Waals surface area contributed by atoms with Crippen molar-refractivity contribution in [3.8, 4) is 0 Å². The number of nitrogens with two attached hydrogens (primary N) is 1. The first kappa shape index (κ1) is 16.1. The Morgan fingerprint density at radius 1 is 1.19 bits per heavy atom. The van der Waals surface area contributed by atoms with Crippen molar-refractivity contribution in [1.82, 2.24) is 4.90 Å². The molecule has 21 heavy (non-hydrogen) atoms. The molecule has 0 spiro atoms. The van der Waals surface area contributed by atoms with Crippen molar-refractivity contribution in [2.75, 3.05) is 6.54 Å². The molecule has 0 aliphatic heterocycles. The number of thiophene rings is 1. The third-order valence-corrected chi connectivity index (χ3v) is 4.70. The van der Waals surface area contributed by atoms with Crippen LogP contribution in [0.4, 0.5) is 4.39 Å². The zero-order valence-corrected chi connectivity index (χ0v) is 13.4. The van der Waals surface area contributed by atoms with Gasteiger partial charge in [0, 0.05) is 23.0 Å². The minimum atomic E-state index is -0.170. The third-order valence-electron chi connectivity index (χ3n) is 3.84. The van der Waals surface area contributed by atoms with Crippen LogP contribution < -0.4 is 5.73 Å². The van der Waals surface area contributed by atoms with E-state index in [1.807, 2.05) is 18.2 Å². The van der Waals surface area contributed by atoms with Crippen LogP contribution in [-0.4, -0.2) is 17.5 Å². The summed E-state index contributed by atoms with van der Waals surface area (Å²) in [6.45, 7) is 5.80. The van der Waals surface area contributed by atoms with E-state index in [1.165, 1.54) is 10.9 Å². The van der Waals surface area contributed by atoms with Crippen LogP contribution in [0, 0.1) is 5.82 Å². The van der Waals surface area contributed by atoms with Gasteiger partial charge in [-0.25, -0.2) is 4.39 Å². The van der Waals surface area contributed by atoms with Gasteiger partial charge in [-0.05, 0) is 30.5 Å². The Balaban J connectivity index is 2.31. The van der Waals surface area contributed by atoms with E-state index in [-0.39, 0.29) is 17.9 Å². The summed E-state index contributed by atoms with van der Waals surface area (Å²) < 4.78 is 14.2. The summed E-state index contributed by atoms with van der Waals surface area (Å²) >= 11 is 1.73. The van der Waals surface area contributed by atoms with Crippen molar-refractivity contribution < 1.29 is 4.39 Å².